The van der Waals surface area contributed by atoms with Gasteiger partial charge in [-0.1, -0.05) is 225 Å². The Kier molecular flexibility index (Phi) is 45.8. The maximum absolute atomic E-state index is 12.8. The molecule has 0 fully saturated rings. The highest BCUT2D eigenvalue weighted by Crippen LogP contribution is 2.16. The zero-order chi connectivity index (χ0) is 42.3. The van der Waals surface area contributed by atoms with Crippen LogP contribution in [-0.4, -0.2) is 37.2 Å². The lowest BCUT2D eigenvalue weighted by Gasteiger charge is -2.18. The van der Waals surface area contributed by atoms with E-state index in [1.54, 1.807) is 0 Å². The molecular weight excluding hydrogens is 721 g/mol. The first-order valence-electron chi connectivity index (χ1n) is 25.3. The van der Waals surface area contributed by atoms with Crippen LogP contribution in [0.5, 0.6) is 0 Å². The van der Waals surface area contributed by atoms with E-state index in [1.807, 2.05) is 0 Å². The molecule has 1 atom stereocenters. The lowest BCUT2D eigenvalue weighted by atomic mass is 10.0. The van der Waals surface area contributed by atoms with Crippen LogP contribution in [0.1, 0.15) is 271 Å². The number of unbranched alkanes of at least 4 members (excludes halogenated alkanes) is 31. The van der Waals surface area contributed by atoms with Crippen LogP contribution in [0.2, 0.25) is 0 Å². The Balaban J connectivity index is 4.30. The minimum absolute atomic E-state index is 0.0695. The highest BCUT2D eigenvalue weighted by atomic mass is 16.6. The molecule has 0 aliphatic carbocycles. The summed E-state index contributed by atoms with van der Waals surface area (Å²) in [7, 11) is 0. The van der Waals surface area contributed by atoms with Crippen LogP contribution in [0.4, 0.5) is 0 Å². The van der Waals surface area contributed by atoms with Crippen molar-refractivity contribution >= 4 is 17.9 Å². The molecule has 6 heteroatoms. The highest BCUT2D eigenvalue weighted by molar-refractivity contribution is 5.71. The first-order chi connectivity index (χ1) is 28.5. The van der Waals surface area contributed by atoms with Crippen molar-refractivity contribution in [2.75, 3.05) is 13.2 Å². The van der Waals surface area contributed by atoms with Gasteiger partial charge in [-0.25, -0.2) is 0 Å². The number of ether oxygens (including phenoxy) is 3. The summed E-state index contributed by atoms with van der Waals surface area (Å²) < 4.78 is 16.8. The molecule has 0 aliphatic rings. The van der Waals surface area contributed by atoms with Crippen molar-refractivity contribution in [3.63, 3.8) is 0 Å². The van der Waals surface area contributed by atoms with Crippen molar-refractivity contribution in [2.45, 2.75) is 277 Å². The number of hydrogen-bond acceptors (Lipinski definition) is 6. The Morgan fingerprint density at radius 3 is 0.983 bits per heavy atom. The van der Waals surface area contributed by atoms with Gasteiger partial charge in [0.15, 0.2) is 6.10 Å². The minimum Gasteiger partial charge on any atom is -0.462 e. The molecule has 0 saturated carbocycles. The lowest BCUT2D eigenvalue weighted by Crippen LogP contribution is -2.30. The molecule has 58 heavy (non-hydrogen) atoms. The molecule has 0 aromatic heterocycles. The highest BCUT2D eigenvalue weighted by Gasteiger charge is 2.19. The second-order valence-corrected chi connectivity index (χ2v) is 17.1. The van der Waals surface area contributed by atoms with Gasteiger partial charge in [0.2, 0.25) is 0 Å². The van der Waals surface area contributed by atoms with Gasteiger partial charge < -0.3 is 14.2 Å². The molecule has 0 N–H and O–H groups in total. The molecule has 0 saturated heterocycles. The molecule has 0 aromatic rings. The van der Waals surface area contributed by atoms with Crippen LogP contribution in [0, 0.1) is 0 Å². The van der Waals surface area contributed by atoms with Crippen LogP contribution in [0.3, 0.4) is 0 Å². The largest absolute Gasteiger partial charge is 0.462 e. The van der Waals surface area contributed by atoms with E-state index in [0.717, 1.165) is 70.6 Å². The third-order valence-electron chi connectivity index (χ3n) is 11.2. The van der Waals surface area contributed by atoms with E-state index in [4.69, 9.17) is 14.2 Å². The predicted molar refractivity (Wildman–Crippen MR) is 247 cm³/mol. The first-order valence-corrected chi connectivity index (χ1v) is 25.3. The van der Waals surface area contributed by atoms with Gasteiger partial charge >= 0.3 is 17.9 Å². The molecule has 0 aliphatic heterocycles. The Bertz CT molecular complexity index is 942. The monoisotopic (exact) mass is 817 g/mol. The van der Waals surface area contributed by atoms with Crippen molar-refractivity contribution < 1.29 is 28.6 Å². The third-order valence-corrected chi connectivity index (χ3v) is 11.2. The first kappa shape index (κ1) is 55.9. The third kappa shape index (κ3) is 45.0. The van der Waals surface area contributed by atoms with E-state index >= 15 is 0 Å². The van der Waals surface area contributed by atoms with Crippen LogP contribution in [0.25, 0.3) is 0 Å². The minimum atomic E-state index is -0.767. The van der Waals surface area contributed by atoms with Crippen LogP contribution < -0.4 is 0 Å². The summed E-state index contributed by atoms with van der Waals surface area (Å²) >= 11 is 0. The summed E-state index contributed by atoms with van der Waals surface area (Å²) in [4.78, 5) is 37.8. The van der Waals surface area contributed by atoms with Gasteiger partial charge in [0.25, 0.3) is 0 Å². The van der Waals surface area contributed by atoms with E-state index in [0.29, 0.717) is 19.3 Å². The van der Waals surface area contributed by atoms with E-state index < -0.39 is 6.10 Å². The van der Waals surface area contributed by atoms with E-state index in [9.17, 15) is 14.4 Å². The molecule has 6 nitrogen and oxygen atoms in total. The normalized spacial score (nSPS) is 12.1. The maximum Gasteiger partial charge on any atom is 0.306 e. The van der Waals surface area contributed by atoms with Crippen LogP contribution in [0.15, 0.2) is 24.3 Å². The fraction of sp³-hybridized carbons (Fsp3) is 0.865. The fourth-order valence-corrected chi connectivity index (χ4v) is 7.36. The van der Waals surface area contributed by atoms with Crippen LogP contribution in [-0.2, 0) is 28.6 Å². The molecule has 1 unspecified atom stereocenters. The molecule has 340 valence electrons. The summed E-state index contributed by atoms with van der Waals surface area (Å²) in [5.41, 5.74) is 0. The summed E-state index contributed by atoms with van der Waals surface area (Å²) in [6.45, 7) is 6.61. The van der Waals surface area contributed by atoms with E-state index in [-0.39, 0.29) is 31.1 Å². The van der Waals surface area contributed by atoms with Crippen LogP contribution >= 0.6 is 0 Å². The van der Waals surface area contributed by atoms with Crippen molar-refractivity contribution in [2.24, 2.45) is 0 Å². The van der Waals surface area contributed by atoms with Crippen molar-refractivity contribution in [1.82, 2.24) is 0 Å². The molecule has 0 spiro atoms. The van der Waals surface area contributed by atoms with Crippen molar-refractivity contribution in [3.05, 3.63) is 24.3 Å². The van der Waals surface area contributed by atoms with Gasteiger partial charge in [0.05, 0.1) is 0 Å². The predicted octanol–water partition coefficient (Wildman–Crippen LogP) is 16.4. The summed E-state index contributed by atoms with van der Waals surface area (Å²) in [5, 5.41) is 0. The molecular formula is C52H96O6. The zero-order valence-corrected chi connectivity index (χ0v) is 38.8. The summed E-state index contributed by atoms with van der Waals surface area (Å²) in [5.74, 6) is -0.868. The maximum atomic E-state index is 12.8. The number of carbonyl (C=O) groups excluding carboxylic acids is 3. The fourth-order valence-electron chi connectivity index (χ4n) is 7.36. The Morgan fingerprint density at radius 1 is 0.345 bits per heavy atom. The van der Waals surface area contributed by atoms with Gasteiger partial charge in [-0.15, -0.1) is 0 Å². The smallest absolute Gasteiger partial charge is 0.306 e. The molecule has 0 aromatic carbocycles. The summed E-state index contributed by atoms with van der Waals surface area (Å²) in [6.07, 6.45) is 53.0. The van der Waals surface area contributed by atoms with Gasteiger partial charge in [-0.3, -0.25) is 14.4 Å². The number of allylic oxidation sites excluding steroid dienone is 4. The lowest BCUT2D eigenvalue weighted by molar-refractivity contribution is -0.167. The van der Waals surface area contributed by atoms with Gasteiger partial charge in [0, 0.05) is 19.3 Å². The zero-order valence-electron chi connectivity index (χ0n) is 38.8. The van der Waals surface area contributed by atoms with E-state index in [1.165, 1.54) is 161 Å². The number of esters is 3. The molecule has 0 radical (unpaired) electrons. The average Bonchev–Trinajstić information content (AvgIpc) is 3.22. The Morgan fingerprint density at radius 2 is 0.621 bits per heavy atom. The SMILES string of the molecule is CCCCC/C=C\C/C=C\CCCCCCCCCC(=O)OCC(COC(=O)CCCCCCCCCCC)OC(=O)CCCCCCCCCCCCCCCC. The van der Waals surface area contributed by atoms with Gasteiger partial charge in [-0.2, -0.15) is 0 Å². The van der Waals surface area contributed by atoms with Gasteiger partial charge in [-0.05, 0) is 51.4 Å². The molecule has 0 heterocycles. The number of hydrogen-bond donors (Lipinski definition) is 0. The average molecular weight is 817 g/mol. The van der Waals surface area contributed by atoms with E-state index in [2.05, 4.69) is 45.1 Å². The topological polar surface area (TPSA) is 78.9 Å². The quantitative estimate of drug-likeness (QED) is 0.0263. The Hall–Kier alpha value is -2.11. The number of carbonyl (C=O) groups is 3. The standard InChI is InChI=1S/C52H96O6/c1-4-7-10-13-16-19-21-23-25-26-27-29-30-33-36-39-42-45-51(54)57-48-49(47-56-50(53)44-41-38-35-32-18-15-12-9-6-3)58-52(55)46-43-40-37-34-31-28-24-22-20-17-14-11-8-5-2/h16,19,23,25,49H,4-15,17-18,20-22,24,26-48H2,1-3H3/b19-16-,25-23-. The second-order valence-electron chi connectivity index (χ2n) is 17.1. The Labute approximate surface area is 360 Å². The van der Waals surface area contributed by atoms with Crippen molar-refractivity contribution in [3.8, 4) is 0 Å². The molecule has 0 rings (SSSR count). The number of rotatable bonds is 46. The summed E-state index contributed by atoms with van der Waals surface area (Å²) in [6, 6.07) is 0. The molecule has 0 amide bonds. The van der Waals surface area contributed by atoms with Gasteiger partial charge in [0.1, 0.15) is 13.2 Å². The molecule has 0 bridgehead atoms. The second kappa shape index (κ2) is 47.6. The van der Waals surface area contributed by atoms with Crippen molar-refractivity contribution in [1.29, 1.82) is 0 Å².